The second kappa shape index (κ2) is 9.05. The van der Waals surface area contributed by atoms with E-state index in [0.29, 0.717) is 36.0 Å². The van der Waals surface area contributed by atoms with Crippen molar-refractivity contribution in [3.8, 4) is 5.75 Å². The van der Waals surface area contributed by atoms with Gasteiger partial charge in [0, 0.05) is 12.3 Å². The number of nitrogens with one attached hydrogen (secondary N) is 1. The Balaban J connectivity index is 1.56. The van der Waals surface area contributed by atoms with Gasteiger partial charge in [0.15, 0.2) is 5.82 Å². The van der Waals surface area contributed by atoms with E-state index in [1.807, 2.05) is 24.0 Å². The van der Waals surface area contributed by atoms with Crippen LogP contribution in [0.4, 0.5) is 24.7 Å². The summed E-state index contributed by atoms with van der Waals surface area (Å²) in [6.45, 7) is 2.91. The molecule has 2 aromatic heterocycles. The predicted molar refractivity (Wildman–Crippen MR) is 114 cm³/mol. The lowest BCUT2D eigenvalue weighted by atomic mass is 10.1. The van der Waals surface area contributed by atoms with Crippen LogP contribution in [0.15, 0.2) is 53.1 Å². The third-order valence-electron chi connectivity index (χ3n) is 5.29. The van der Waals surface area contributed by atoms with Gasteiger partial charge in [0.1, 0.15) is 23.8 Å². The van der Waals surface area contributed by atoms with E-state index in [1.54, 1.807) is 24.4 Å². The molecule has 3 heterocycles. The third kappa shape index (κ3) is 4.89. The van der Waals surface area contributed by atoms with E-state index in [-0.39, 0.29) is 18.3 Å². The van der Waals surface area contributed by atoms with E-state index in [9.17, 15) is 18.0 Å². The summed E-state index contributed by atoms with van der Waals surface area (Å²) in [7, 11) is 1.32. The molecule has 1 aliphatic heterocycles. The summed E-state index contributed by atoms with van der Waals surface area (Å²) in [5, 5.41) is 3.33. The zero-order valence-electron chi connectivity index (χ0n) is 18.0. The van der Waals surface area contributed by atoms with Crippen LogP contribution in [0.1, 0.15) is 40.4 Å². The normalized spacial score (nSPS) is 14.3. The number of pyridine rings is 1. The number of benzene rings is 1. The molecule has 3 aromatic rings. The number of furan rings is 1. The van der Waals surface area contributed by atoms with Crippen LogP contribution < -0.4 is 15.0 Å². The second-order valence-corrected chi connectivity index (χ2v) is 7.52. The van der Waals surface area contributed by atoms with Gasteiger partial charge in [0.25, 0.3) is 0 Å². The van der Waals surface area contributed by atoms with Gasteiger partial charge in [0.2, 0.25) is 5.76 Å². The van der Waals surface area contributed by atoms with Gasteiger partial charge in [-0.2, -0.15) is 13.2 Å². The van der Waals surface area contributed by atoms with E-state index in [4.69, 9.17) is 13.9 Å². The van der Waals surface area contributed by atoms with Crippen molar-refractivity contribution >= 4 is 17.5 Å². The van der Waals surface area contributed by atoms with Gasteiger partial charge in [-0.3, -0.25) is 0 Å². The first kappa shape index (κ1) is 22.5. The molecular formula is C23H22F3N3O4. The molecule has 0 bridgehead atoms. The Labute approximate surface area is 188 Å². The molecule has 0 radical (unpaired) electrons. The predicted octanol–water partition coefficient (Wildman–Crippen LogP) is 5.05. The molecule has 174 valence electrons. The minimum Gasteiger partial charge on any atom is -0.489 e. The lowest BCUT2D eigenvalue weighted by Crippen LogP contribution is -2.33. The van der Waals surface area contributed by atoms with Gasteiger partial charge in [-0.05, 0) is 36.8 Å². The molecule has 1 aliphatic rings. The molecular weight excluding hydrogens is 439 g/mol. The Kier molecular flexibility index (Phi) is 6.17. The summed E-state index contributed by atoms with van der Waals surface area (Å²) in [4.78, 5) is 18.0. The van der Waals surface area contributed by atoms with Crippen molar-refractivity contribution in [2.24, 2.45) is 0 Å². The highest BCUT2D eigenvalue weighted by Gasteiger charge is 2.35. The number of carbonyl (C=O) groups is 1. The lowest BCUT2D eigenvalue weighted by Gasteiger charge is -2.32. The maximum Gasteiger partial charge on any atom is 0.449 e. The van der Waals surface area contributed by atoms with Gasteiger partial charge in [-0.1, -0.05) is 12.1 Å². The summed E-state index contributed by atoms with van der Waals surface area (Å²) in [5.74, 6) is -0.148. The van der Waals surface area contributed by atoms with E-state index in [1.165, 1.54) is 13.2 Å². The van der Waals surface area contributed by atoms with Crippen LogP contribution >= 0.6 is 0 Å². The number of rotatable bonds is 6. The third-order valence-corrected chi connectivity index (χ3v) is 5.29. The fourth-order valence-corrected chi connectivity index (χ4v) is 3.62. The average Bonchev–Trinajstić information content (AvgIpc) is 3.28. The molecule has 1 atom stereocenters. The number of carbonyl (C=O) groups excluding carboxylic acids is 1. The summed E-state index contributed by atoms with van der Waals surface area (Å²) in [6, 6.07) is 10.8. The van der Waals surface area contributed by atoms with Crippen LogP contribution in [-0.2, 0) is 17.5 Å². The van der Waals surface area contributed by atoms with Gasteiger partial charge in [-0.25, -0.2) is 9.78 Å². The largest absolute Gasteiger partial charge is 0.489 e. The Hall–Kier alpha value is -3.69. The zero-order valence-corrected chi connectivity index (χ0v) is 18.0. The SMILES string of the molecule is COC(=O)c1ccc([C@H](C)Nc2nccc3c2N(Cc2ccc(C(F)(F)F)o2)CCO3)cc1. The highest BCUT2D eigenvalue weighted by atomic mass is 19.4. The van der Waals surface area contributed by atoms with Crippen LogP contribution in [0, 0.1) is 0 Å². The van der Waals surface area contributed by atoms with Gasteiger partial charge >= 0.3 is 12.1 Å². The Morgan fingerprint density at radius 1 is 1.21 bits per heavy atom. The number of halogens is 3. The maximum absolute atomic E-state index is 12.9. The van der Waals surface area contributed by atoms with E-state index in [0.717, 1.165) is 11.6 Å². The van der Waals surface area contributed by atoms with Crippen LogP contribution in [0.5, 0.6) is 5.75 Å². The van der Waals surface area contributed by atoms with Crippen molar-refractivity contribution in [1.29, 1.82) is 0 Å². The maximum atomic E-state index is 12.9. The molecule has 0 amide bonds. The van der Waals surface area contributed by atoms with Crippen molar-refractivity contribution in [2.75, 3.05) is 30.5 Å². The fourth-order valence-electron chi connectivity index (χ4n) is 3.62. The summed E-state index contributed by atoms with van der Waals surface area (Å²) >= 11 is 0. The first-order valence-electron chi connectivity index (χ1n) is 10.2. The smallest absolute Gasteiger partial charge is 0.449 e. The number of aromatic nitrogens is 1. The summed E-state index contributed by atoms with van der Waals surface area (Å²) in [6.07, 6.45) is -2.93. The van der Waals surface area contributed by atoms with Crippen LogP contribution in [0.2, 0.25) is 0 Å². The molecule has 33 heavy (non-hydrogen) atoms. The van der Waals surface area contributed by atoms with Crippen LogP contribution in [0.3, 0.4) is 0 Å². The molecule has 0 fully saturated rings. The first-order valence-corrected chi connectivity index (χ1v) is 10.2. The highest BCUT2D eigenvalue weighted by molar-refractivity contribution is 5.89. The average molecular weight is 461 g/mol. The van der Waals surface area contributed by atoms with Crippen molar-refractivity contribution < 1.29 is 31.9 Å². The standard InChI is InChI=1S/C23H22F3N3O4/c1-14(15-3-5-16(6-4-15)22(30)31-2)28-21-20-18(9-10-27-21)32-12-11-29(20)13-17-7-8-19(33-17)23(24,25)26/h3-10,14H,11-13H2,1-2H3,(H,27,28)/t14-/m0/s1. The summed E-state index contributed by atoms with van der Waals surface area (Å²) < 4.78 is 54.2. The minimum atomic E-state index is -4.53. The molecule has 0 aliphatic carbocycles. The van der Waals surface area contributed by atoms with E-state index >= 15 is 0 Å². The number of esters is 1. The molecule has 0 unspecified atom stereocenters. The molecule has 7 nitrogen and oxygen atoms in total. The number of nitrogens with zero attached hydrogens (tertiary/aromatic N) is 2. The lowest BCUT2D eigenvalue weighted by molar-refractivity contribution is -0.153. The molecule has 0 saturated carbocycles. The van der Waals surface area contributed by atoms with Crippen molar-refractivity contribution in [3.05, 3.63) is 71.3 Å². The number of hydrogen-bond donors (Lipinski definition) is 1. The second-order valence-electron chi connectivity index (χ2n) is 7.52. The Bertz CT molecular complexity index is 1130. The Morgan fingerprint density at radius 3 is 2.64 bits per heavy atom. The number of ether oxygens (including phenoxy) is 2. The highest BCUT2D eigenvalue weighted by Crippen LogP contribution is 2.39. The monoisotopic (exact) mass is 461 g/mol. The van der Waals surface area contributed by atoms with Gasteiger partial charge < -0.3 is 24.1 Å². The van der Waals surface area contributed by atoms with E-state index < -0.39 is 17.9 Å². The number of fused-ring (bicyclic) bond motifs is 1. The van der Waals surface area contributed by atoms with Crippen molar-refractivity contribution in [2.45, 2.75) is 25.7 Å². The summed E-state index contributed by atoms with van der Waals surface area (Å²) in [5.41, 5.74) is 2.00. The van der Waals surface area contributed by atoms with Gasteiger partial charge in [-0.15, -0.1) is 0 Å². The molecule has 0 saturated heterocycles. The number of methoxy groups -OCH3 is 1. The Morgan fingerprint density at radius 2 is 1.97 bits per heavy atom. The quantitative estimate of drug-likeness (QED) is 0.515. The number of hydrogen-bond acceptors (Lipinski definition) is 7. The van der Waals surface area contributed by atoms with E-state index in [2.05, 4.69) is 10.3 Å². The molecule has 10 heteroatoms. The fraction of sp³-hybridized carbons (Fsp3) is 0.304. The molecule has 1 N–H and O–H groups in total. The molecule has 4 rings (SSSR count). The minimum absolute atomic E-state index is 0.134. The van der Waals surface area contributed by atoms with Crippen LogP contribution in [0.25, 0.3) is 0 Å². The molecule has 1 aromatic carbocycles. The molecule has 0 spiro atoms. The van der Waals surface area contributed by atoms with Crippen molar-refractivity contribution in [1.82, 2.24) is 4.98 Å². The number of anilines is 2. The zero-order chi connectivity index (χ0) is 23.6. The topological polar surface area (TPSA) is 76.8 Å². The first-order chi connectivity index (χ1) is 15.8. The van der Waals surface area contributed by atoms with Crippen molar-refractivity contribution in [3.63, 3.8) is 0 Å². The van der Waals surface area contributed by atoms with Gasteiger partial charge in [0.05, 0.1) is 31.8 Å². The number of alkyl halides is 3. The van der Waals surface area contributed by atoms with Crippen LogP contribution in [-0.4, -0.2) is 31.2 Å².